The number of carbonyl (C=O) groups is 2. The highest BCUT2D eigenvalue weighted by Crippen LogP contribution is 2.33. The standard InChI is InChI=1S/C19H17ClFN3O2/c20-13-3-6-15-16(11-13)22-19(23-17(15)25)7-9-24(10-8-19)18(26)12-1-4-14(21)5-2-12/h1-6,11,22H,7-10H2,(H,23,25). The number of rotatable bonds is 1. The monoisotopic (exact) mass is 373 g/mol. The number of benzene rings is 2. The van der Waals surface area contributed by atoms with Gasteiger partial charge >= 0.3 is 0 Å². The molecule has 1 spiro atoms. The SMILES string of the molecule is O=C1NC2(CCN(C(=O)c3ccc(F)cc3)CC2)Nc2cc(Cl)ccc21. The van der Waals surface area contributed by atoms with Crippen molar-refractivity contribution in [2.75, 3.05) is 18.4 Å². The van der Waals surface area contributed by atoms with E-state index < -0.39 is 5.66 Å². The van der Waals surface area contributed by atoms with Crippen molar-refractivity contribution in [2.24, 2.45) is 0 Å². The van der Waals surface area contributed by atoms with Gasteiger partial charge in [0.2, 0.25) is 0 Å². The lowest BCUT2D eigenvalue weighted by molar-refractivity contribution is 0.0639. The maximum Gasteiger partial charge on any atom is 0.255 e. The van der Waals surface area contributed by atoms with Crippen molar-refractivity contribution in [1.29, 1.82) is 0 Å². The van der Waals surface area contributed by atoms with Gasteiger partial charge in [-0.2, -0.15) is 0 Å². The van der Waals surface area contributed by atoms with Gasteiger partial charge in [-0.1, -0.05) is 11.6 Å². The fourth-order valence-electron chi connectivity index (χ4n) is 3.51. The number of likely N-dealkylation sites (tertiary alicyclic amines) is 1. The zero-order chi connectivity index (χ0) is 18.3. The molecule has 0 aromatic heterocycles. The molecule has 0 aliphatic carbocycles. The van der Waals surface area contributed by atoms with Crippen LogP contribution in [0.4, 0.5) is 10.1 Å². The van der Waals surface area contributed by atoms with E-state index in [9.17, 15) is 14.0 Å². The predicted molar refractivity (Wildman–Crippen MR) is 96.8 cm³/mol. The Labute approximate surface area is 155 Å². The largest absolute Gasteiger partial charge is 0.362 e. The topological polar surface area (TPSA) is 61.4 Å². The van der Waals surface area contributed by atoms with Crippen molar-refractivity contribution in [2.45, 2.75) is 18.5 Å². The third-order valence-electron chi connectivity index (χ3n) is 4.95. The van der Waals surface area contributed by atoms with Gasteiger partial charge in [-0.15, -0.1) is 0 Å². The molecule has 7 heteroatoms. The quantitative estimate of drug-likeness (QED) is 0.806. The highest BCUT2D eigenvalue weighted by molar-refractivity contribution is 6.31. The molecule has 2 aromatic rings. The average molecular weight is 374 g/mol. The molecule has 26 heavy (non-hydrogen) atoms. The molecule has 5 nitrogen and oxygen atoms in total. The first kappa shape index (κ1) is 16.8. The molecule has 1 fully saturated rings. The summed E-state index contributed by atoms with van der Waals surface area (Å²) >= 11 is 6.04. The van der Waals surface area contributed by atoms with E-state index in [1.54, 1.807) is 23.1 Å². The van der Waals surface area contributed by atoms with Crippen molar-refractivity contribution < 1.29 is 14.0 Å². The minimum Gasteiger partial charge on any atom is -0.362 e. The fraction of sp³-hybridized carbons (Fsp3) is 0.263. The molecule has 0 atom stereocenters. The molecule has 0 saturated carbocycles. The second kappa shape index (κ2) is 6.29. The van der Waals surface area contributed by atoms with Crippen LogP contribution in [0.15, 0.2) is 42.5 Å². The Kier molecular flexibility index (Phi) is 4.07. The molecule has 4 rings (SSSR count). The number of hydrogen-bond donors (Lipinski definition) is 2. The van der Waals surface area contributed by atoms with E-state index >= 15 is 0 Å². The summed E-state index contributed by atoms with van der Waals surface area (Å²) in [5.74, 6) is -0.648. The number of piperidine rings is 1. The Balaban J connectivity index is 1.49. The minimum atomic E-state index is -0.589. The number of halogens is 2. The van der Waals surface area contributed by atoms with Gasteiger partial charge in [-0.3, -0.25) is 9.59 Å². The van der Waals surface area contributed by atoms with E-state index in [4.69, 9.17) is 11.6 Å². The van der Waals surface area contributed by atoms with Crippen LogP contribution in [0.25, 0.3) is 0 Å². The minimum absolute atomic E-state index is 0.134. The van der Waals surface area contributed by atoms with Crippen molar-refractivity contribution in [1.82, 2.24) is 10.2 Å². The van der Waals surface area contributed by atoms with Gasteiger partial charge in [0.05, 0.1) is 11.3 Å². The number of carbonyl (C=O) groups excluding carboxylic acids is 2. The second-order valence-electron chi connectivity index (χ2n) is 6.65. The first-order valence-corrected chi connectivity index (χ1v) is 8.79. The molecule has 2 amide bonds. The van der Waals surface area contributed by atoms with E-state index in [-0.39, 0.29) is 17.6 Å². The number of anilines is 1. The molecule has 1 saturated heterocycles. The lowest BCUT2D eigenvalue weighted by Gasteiger charge is -2.45. The maximum atomic E-state index is 13.0. The second-order valence-corrected chi connectivity index (χ2v) is 7.09. The number of nitrogens with zero attached hydrogens (tertiary/aromatic N) is 1. The Bertz CT molecular complexity index is 877. The Morgan fingerprint density at radius 3 is 2.46 bits per heavy atom. The Hall–Kier alpha value is -2.60. The summed E-state index contributed by atoms with van der Waals surface area (Å²) in [5.41, 5.74) is 1.14. The van der Waals surface area contributed by atoms with E-state index in [1.165, 1.54) is 24.3 Å². The molecule has 2 heterocycles. The van der Waals surface area contributed by atoms with Crippen molar-refractivity contribution in [3.63, 3.8) is 0 Å². The molecule has 0 radical (unpaired) electrons. The number of amides is 2. The molecule has 2 aliphatic rings. The predicted octanol–water partition coefficient (Wildman–Crippen LogP) is 3.27. The van der Waals surface area contributed by atoms with E-state index in [0.717, 1.165) is 0 Å². The molecule has 2 aromatic carbocycles. The average Bonchev–Trinajstić information content (AvgIpc) is 2.62. The van der Waals surface area contributed by atoms with Crippen LogP contribution in [0.1, 0.15) is 33.6 Å². The van der Waals surface area contributed by atoms with Crippen LogP contribution in [-0.4, -0.2) is 35.5 Å². The van der Waals surface area contributed by atoms with Crippen molar-refractivity contribution in [3.05, 3.63) is 64.4 Å². The summed E-state index contributed by atoms with van der Waals surface area (Å²) < 4.78 is 13.0. The molecular weight excluding hydrogens is 357 g/mol. The van der Waals surface area contributed by atoms with Gasteiger partial charge in [0.1, 0.15) is 11.5 Å². The summed E-state index contributed by atoms with van der Waals surface area (Å²) in [6.07, 6.45) is 1.13. The zero-order valence-corrected chi connectivity index (χ0v) is 14.6. The van der Waals surface area contributed by atoms with E-state index in [0.29, 0.717) is 47.8 Å². The highest BCUT2D eigenvalue weighted by Gasteiger charge is 2.41. The normalized spacial score (nSPS) is 18.1. The van der Waals surface area contributed by atoms with Crippen LogP contribution < -0.4 is 10.6 Å². The molecule has 0 bridgehead atoms. The first-order chi connectivity index (χ1) is 12.5. The summed E-state index contributed by atoms with van der Waals surface area (Å²) in [4.78, 5) is 26.7. The van der Waals surface area contributed by atoms with Gasteiger partial charge in [0.15, 0.2) is 0 Å². The van der Waals surface area contributed by atoms with Crippen molar-refractivity contribution in [3.8, 4) is 0 Å². The summed E-state index contributed by atoms with van der Waals surface area (Å²) in [7, 11) is 0. The van der Waals surface area contributed by atoms with Gasteiger partial charge in [0, 0.05) is 36.5 Å². The van der Waals surface area contributed by atoms with Crippen LogP contribution in [-0.2, 0) is 0 Å². The fourth-order valence-corrected chi connectivity index (χ4v) is 3.68. The molecule has 2 N–H and O–H groups in total. The van der Waals surface area contributed by atoms with Crippen LogP contribution in [0, 0.1) is 5.82 Å². The van der Waals surface area contributed by atoms with Crippen LogP contribution in [0.3, 0.4) is 0 Å². The summed E-state index contributed by atoms with van der Waals surface area (Å²) in [6.45, 7) is 0.971. The maximum absolute atomic E-state index is 13.0. The van der Waals surface area contributed by atoms with Crippen LogP contribution >= 0.6 is 11.6 Å². The lowest BCUT2D eigenvalue weighted by Crippen LogP contribution is -2.62. The van der Waals surface area contributed by atoms with Gasteiger partial charge in [-0.05, 0) is 42.5 Å². The van der Waals surface area contributed by atoms with Crippen LogP contribution in [0.5, 0.6) is 0 Å². The molecule has 2 aliphatic heterocycles. The number of nitrogens with one attached hydrogen (secondary N) is 2. The number of fused-ring (bicyclic) bond motifs is 1. The van der Waals surface area contributed by atoms with E-state index in [1.807, 2.05) is 0 Å². The van der Waals surface area contributed by atoms with Gasteiger partial charge in [-0.25, -0.2) is 4.39 Å². The van der Waals surface area contributed by atoms with Crippen molar-refractivity contribution >= 4 is 29.1 Å². The Morgan fingerprint density at radius 1 is 1.08 bits per heavy atom. The number of hydrogen-bond acceptors (Lipinski definition) is 3. The lowest BCUT2D eigenvalue weighted by atomic mass is 9.92. The van der Waals surface area contributed by atoms with E-state index in [2.05, 4.69) is 10.6 Å². The Morgan fingerprint density at radius 2 is 1.77 bits per heavy atom. The molecular formula is C19H17ClFN3O2. The molecule has 0 unspecified atom stereocenters. The third kappa shape index (κ3) is 3.01. The molecule has 134 valence electrons. The van der Waals surface area contributed by atoms with Gasteiger partial charge in [0.25, 0.3) is 11.8 Å². The first-order valence-electron chi connectivity index (χ1n) is 8.41. The van der Waals surface area contributed by atoms with Gasteiger partial charge < -0.3 is 15.5 Å². The summed E-state index contributed by atoms with van der Waals surface area (Å²) in [5, 5.41) is 6.98. The smallest absolute Gasteiger partial charge is 0.255 e. The van der Waals surface area contributed by atoms with Crippen LogP contribution in [0.2, 0.25) is 5.02 Å². The highest BCUT2D eigenvalue weighted by atomic mass is 35.5. The zero-order valence-electron chi connectivity index (χ0n) is 13.9. The summed E-state index contributed by atoms with van der Waals surface area (Å²) in [6, 6.07) is 10.7. The third-order valence-corrected chi connectivity index (χ3v) is 5.18.